The smallest absolute Gasteiger partial charge is 0.303 e. The summed E-state index contributed by atoms with van der Waals surface area (Å²) < 4.78 is 6.13. The molecule has 0 unspecified atom stereocenters. The third kappa shape index (κ3) is 8.14. The maximum absolute atomic E-state index is 13.6. The highest BCUT2D eigenvalue weighted by Gasteiger charge is 2.33. The fourth-order valence-electron chi connectivity index (χ4n) is 5.52. The van der Waals surface area contributed by atoms with Crippen molar-refractivity contribution in [3.8, 4) is 0 Å². The van der Waals surface area contributed by atoms with Crippen LogP contribution in [0.1, 0.15) is 83.5 Å². The van der Waals surface area contributed by atoms with Crippen molar-refractivity contribution in [2.24, 2.45) is 5.73 Å². The van der Waals surface area contributed by atoms with Crippen molar-refractivity contribution in [3.63, 3.8) is 0 Å². The Bertz CT molecular complexity index is 647. The molecule has 0 aromatic carbocycles. The Morgan fingerprint density at radius 1 is 1.03 bits per heavy atom. The lowest BCUT2D eigenvalue weighted by molar-refractivity contribution is -0.139. The van der Waals surface area contributed by atoms with Crippen LogP contribution < -0.4 is 11.1 Å². The minimum absolute atomic E-state index is 0.0106. The van der Waals surface area contributed by atoms with Crippen molar-refractivity contribution in [1.29, 1.82) is 5.41 Å². The van der Waals surface area contributed by atoms with Gasteiger partial charge in [-0.1, -0.05) is 19.3 Å². The van der Waals surface area contributed by atoms with Crippen LogP contribution in [0, 0.1) is 5.41 Å². The molecule has 0 radical (unpaired) electrons. The molecule has 1 aliphatic carbocycles. The monoisotopic (exact) mass is 465 g/mol. The molecule has 33 heavy (non-hydrogen) atoms. The van der Waals surface area contributed by atoms with Crippen LogP contribution >= 0.6 is 0 Å². The summed E-state index contributed by atoms with van der Waals surface area (Å²) in [6.45, 7) is 2.88. The first-order valence-electron chi connectivity index (χ1n) is 12.9. The minimum atomic E-state index is -0.849. The molecule has 3 rings (SSSR count). The van der Waals surface area contributed by atoms with E-state index in [4.69, 9.17) is 15.9 Å². The fourth-order valence-corrected chi connectivity index (χ4v) is 5.52. The molecule has 188 valence electrons. The predicted molar refractivity (Wildman–Crippen MR) is 127 cm³/mol. The van der Waals surface area contributed by atoms with Crippen molar-refractivity contribution in [2.75, 3.05) is 26.2 Å². The average molecular weight is 466 g/mol. The number of amides is 1. The van der Waals surface area contributed by atoms with Gasteiger partial charge in [0.25, 0.3) is 0 Å². The molecule has 3 fully saturated rings. The van der Waals surface area contributed by atoms with Crippen molar-refractivity contribution in [1.82, 2.24) is 15.1 Å². The molecule has 0 bridgehead atoms. The van der Waals surface area contributed by atoms with Gasteiger partial charge in [0.1, 0.15) is 0 Å². The number of carbonyl (C=O) groups is 2. The molecule has 2 heterocycles. The van der Waals surface area contributed by atoms with Crippen LogP contribution in [-0.4, -0.2) is 83.2 Å². The topological polar surface area (TPSA) is 132 Å². The van der Waals surface area contributed by atoms with Gasteiger partial charge in [0.05, 0.1) is 12.1 Å². The first kappa shape index (κ1) is 25.7. The van der Waals surface area contributed by atoms with Gasteiger partial charge in [-0.15, -0.1) is 0 Å². The zero-order chi connectivity index (χ0) is 23.6. The Morgan fingerprint density at radius 3 is 2.39 bits per heavy atom. The molecule has 2 aliphatic heterocycles. The fraction of sp³-hybridized carbons (Fsp3) is 0.875. The number of aliphatic carboxylic acids is 1. The van der Waals surface area contributed by atoms with E-state index in [2.05, 4.69) is 5.32 Å². The van der Waals surface area contributed by atoms with Crippen molar-refractivity contribution < 1.29 is 19.4 Å². The number of carboxylic acid groups (broad SMARTS) is 1. The second-order valence-electron chi connectivity index (χ2n) is 9.90. The Labute approximate surface area is 197 Å². The number of nitrogens with two attached hydrogens (primary N) is 1. The van der Waals surface area contributed by atoms with Crippen LogP contribution in [0.4, 0.5) is 0 Å². The van der Waals surface area contributed by atoms with Crippen LogP contribution in [0.25, 0.3) is 0 Å². The van der Waals surface area contributed by atoms with E-state index >= 15 is 0 Å². The van der Waals surface area contributed by atoms with Crippen LogP contribution in [0.3, 0.4) is 0 Å². The third-order valence-corrected chi connectivity index (χ3v) is 7.48. The SMILES string of the molecule is N=C(N)N1CCC(OCC[C@H]2CCCCN2C(=O)[C@H](CCC(=O)O)NC2CCCCC2)CC1. The molecule has 2 atom stereocenters. The summed E-state index contributed by atoms with van der Waals surface area (Å²) in [5.41, 5.74) is 5.57. The normalized spacial score (nSPS) is 23.9. The molecule has 9 nitrogen and oxygen atoms in total. The van der Waals surface area contributed by atoms with Crippen LogP contribution in [0.15, 0.2) is 0 Å². The Hall–Kier alpha value is -1.87. The summed E-state index contributed by atoms with van der Waals surface area (Å²) in [6, 6.07) is 0.0552. The minimum Gasteiger partial charge on any atom is -0.481 e. The summed E-state index contributed by atoms with van der Waals surface area (Å²) in [4.78, 5) is 28.6. The van der Waals surface area contributed by atoms with E-state index in [1.54, 1.807) is 0 Å². The Kier molecular flexibility index (Phi) is 10.2. The second-order valence-corrected chi connectivity index (χ2v) is 9.90. The van der Waals surface area contributed by atoms with Crippen LogP contribution in [-0.2, 0) is 14.3 Å². The number of carboxylic acids is 1. The number of rotatable bonds is 10. The van der Waals surface area contributed by atoms with Gasteiger partial charge < -0.3 is 30.7 Å². The van der Waals surface area contributed by atoms with Gasteiger partial charge in [0.15, 0.2) is 5.96 Å². The zero-order valence-electron chi connectivity index (χ0n) is 20.0. The number of hydrogen-bond donors (Lipinski definition) is 4. The number of guanidine groups is 1. The number of ether oxygens (including phenoxy) is 1. The van der Waals surface area contributed by atoms with Crippen molar-refractivity contribution >= 4 is 17.8 Å². The van der Waals surface area contributed by atoms with E-state index in [0.29, 0.717) is 19.1 Å². The Morgan fingerprint density at radius 2 is 1.73 bits per heavy atom. The average Bonchev–Trinajstić information content (AvgIpc) is 2.82. The lowest BCUT2D eigenvalue weighted by Gasteiger charge is -2.39. The first-order chi connectivity index (χ1) is 15.9. The molecule has 5 N–H and O–H groups in total. The summed E-state index contributed by atoms with van der Waals surface area (Å²) in [7, 11) is 0. The number of hydrogen-bond acceptors (Lipinski definition) is 5. The lowest BCUT2D eigenvalue weighted by atomic mass is 9.93. The second kappa shape index (κ2) is 13.1. The van der Waals surface area contributed by atoms with Crippen molar-refractivity contribution in [2.45, 2.75) is 108 Å². The molecule has 3 aliphatic rings. The van der Waals surface area contributed by atoms with E-state index in [9.17, 15) is 14.7 Å². The van der Waals surface area contributed by atoms with Gasteiger partial charge in [-0.2, -0.15) is 0 Å². The molecule has 1 saturated carbocycles. The van der Waals surface area contributed by atoms with Crippen LogP contribution in [0.5, 0.6) is 0 Å². The summed E-state index contributed by atoms with van der Waals surface area (Å²) in [5, 5.41) is 20.3. The number of nitrogens with one attached hydrogen (secondary N) is 2. The summed E-state index contributed by atoms with van der Waals surface area (Å²) in [6.07, 6.45) is 11.9. The molecule has 1 amide bonds. The van der Waals surface area contributed by atoms with E-state index in [-0.39, 0.29) is 30.4 Å². The number of nitrogens with zero attached hydrogens (tertiary/aromatic N) is 2. The van der Waals surface area contributed by atoms with Gasteiger partial charge >= 0.3 is 5.97 Å². The molecular weight excluding hydrogens is 422 g/mol. The quantitative estimate of drug-likeness (QED) is 0.287. The van der Waals surface area contributed by atoms with Gasteiger partial charge in [0, 0.05) is 44.7 Å². The number of piperidine rings is 2. The Balaban J connectivity index is 1.51. The summed E-state index contributed by atoms with van der Waals surface area (Å²) >= 11 is 0. The van der Waals surface area contributed by atoms with Crippen LogP contribution in [0.2, 0.25) is 0 Å². The standard InChI is InChI=1S/C24H43N5O4/c25-24(26)28-15-11-20(12-16-28)33-17-13-19-8-4-5-14-29(19)23(32)21(9-10-22(30)31)27-18-6-2-1-3-7-18/h18-21,27H,1-17H2,(H3,25,26)(H,30,31)/t19-,21+/m1/s1. The maximum Gasteiger partial charge on any atom is 0.303 e. The summed E-state index contributed by atoms with van der Waals surface area (Å²) in [5.74, 6) is -0.650. The number of carbonyl (C=O) groups excluding carboxylic acids is 1. The molecule has 2 saturated heterocycles. The van der Waals surface area contributed by atoms with E-state index < -0.39 is 12.0 Å². The molecule has 0 aromatic heterocycles. The van der Waals surface area contributed by atoms with E-state index in [1.807, 2.05) is 9.80 Å². The third-order valence-electron chi connectivity index (χ3n) is 7.48. The highest BCUT2D eigenvalue weighted by molar-refractivity contribution is 5.83. The highest BCUT2D eigenvalue weighted by Crippen LogP contribution is 2.24. The number of likely N-dealkylation sites (tertiary alicyclic amines) is 2. The first-order valence-corrected chi connectivity index (χ1v) is 12.9. The van der Waals surface area contributed by atoms with E-state index in [0.717, 1.165) is 71.0 Å². The van der Waals surface area contributed by atoms with Gasteiger partial charge in [-0.05, 0) is 57.8 Å². The molecule has 0 aromatic rings. The lowest BCUT2D eigenvalue weighted by Crippen LogP contribution is -2.54. The van der Waals surface area contributed by atoms with Gasteiger partial charge in [-0.25, -0.2) is 0 Å². The largest absolute Gasteiger partial charge is 0.481 e. The maximum atomic E-state index is 13.6. The van der Waals surface area contributed by atoms with Gasteiger partial charge in [0.2, 0.25) is 5.91 Å². The van der Waals surface area contributed by atoms with Gasteiger partial charge in [-0.3, -0.25) is 15.0 Å². The zero-order valence-corrected chi connectivity index (χ0v) is 20.0. The molecular formula is C24H43N5O4. The van der Waals surface area contributed by atoms with E-state index in [1.165, 1.54) is 19.3 Å². The van der Waals surface area contributed by atoms with Crippen molar-refractivity contribution in [3.05, 3.63) is 0 Å². The molecule has 9 heteroatoms. The predicted octanol–water partition coefficient (Wildman–Crippen LogP) is 2.29. The molecule has 0 spiro atoms. The highest BCUT2D eigenvalue weighted by atomic mass is 16.5.